The molecule has 2 heterocycles. The maximum absolute atomic E-state index is 13.2. The molecule has 0 aliphatic carbocycles. The lowest BCUT2D eigenvalue weighted by molar-refractivity contribution is -0.121. The second-order valence-electron chi connectivity index (χ2n) is 8.98. The molecule has 2 aliphatic heterocycles. The summed E-state index contributed by atoms with van der Waals surface area (Å²) in [5.41, 5.74) is 4.55. The van der Waals surface area contributed by atoms with Gasteiger partial charge in [-0.05, 0) is 58.7 Å². The van der Waals surface area contributed by atoms with Gasteiger partial charge in [0, 0.05) is 36.7 Å². The molecule has 1 saturated heterocycles. The van der Waals surface area contributed by atoms with Crippen molar-refractivity contribution in [2.75, 3.05) is 25.0 Å². The Hall–Kier alpha value is -3.02. The number of aryl methyl sites for hydroxylation is 2. The normalized spacial score (nSPS) is 19.8. The fraction of sp³-hybridized carbons (Fsp3) is 0.462. The summed E-state index contributed by atoms with van der Waals surface area (Å²) < 4.78 is 11.7. The number of fused-ring (bicyclic) bond motifs is 1. The molecule has 1 N–H and O–H groups in total. The number of carbonyl (C=O) groups is 2. The third kappa shape index (κ3) is 4.74. The van der Waals surface area contributed by atoms with E-state index < -0.39 is 0 Å². The molecule has 2 atom stereocenters. The Bertz CT molecular complexity index is 1010. The lowest BCUT2D eigenvalue weighted by atomic mass is 9.96. The number of anilines is 1. The number of rotatable bonds is 5. The maximum atomic E-state index is 13.2. The maximum Gasteiger partial charge on any atom is 0.253 e. The van der Waals surface area contributed by atoms with Gasteiger partial charge in [0.05, 0.1) is 18.2 Å². The number of nitrogens with one attached hydrogen (secondary N) is 1. The fourth-order valence-corrected chi connectivity index (χ4v) is 4.70. The zero-order valence-corrected chi connectivity index (χ0v) is 19.4. The van der Waals surface area contributed by atoms with E-state index in [1.165, 1.54) is 0 Å². The Morgan fingerprint density at radius 1 is 1.16 bits per heavy atom. The number of ether oxygens (including phenoxy) is 2. The van der Waals surface area contributed by atoms with Gasteiger partial charge in [0.1, 0.15) is 17.6 Å². The van der Waals surface area contributed by atoms with E-state index in [0.717, 1.165) is 41.7 Å². The van der Waals surface area contributed by atoms with E-state index in [2.05, 4.69) is 11.4 Å². The largest absolute Gasteiger partial charge is 0.492 e. The van der Waals surface area contributed by atoms with Gasteiger partial charge in [-0.15, -0.1) is 0 Å². The van der Waals surface area contributed by atoms with Crippen LogP contribution in [-0.4, -0.2) is 42.5 Å². The Morgan fingerprint density at radius 2 is 1.91 bits per heavy atom. The van der Waals surface area contributed by atoms with E-state index in [0.29, 0.717) is 36.7 Å². The van der Waals surface area contributed by atoms with Crippen molar-refractivity contribution in [3.05, 3.63) is 52.6 Å². The summed E-state index contributed by atoms with van der Waals surface area (Å²) in [6.07, 6.45) is 2.51. The number of benzene rings is 2. The zero-order chi connectivity index (χ0) is 22.8. The molecule has 0 bridgehead atoms. The van der Waals surface area contributed by atoms with Crippen LogP contribution in [0.15, 0.2) is 30.3 Å². The van der Waals surface area contributed by atoms with Crippen molar-refractivity contribution in [2.24, 2.45) is 5.92 Å². The molecule has 0 aromatic heterocycles. The Morgan fingerprint density at radius 3 is 2.62 bits per heavy atom. The molecule has 2 aromatic rings. The predicted octanol–water partition coefficient (Wildman–Crippen LogP) is 4.52. The molecule has 6 nitrogen and oxygen atoms in total. The predicted molar refractivity (Wildman–Crippen MR) is 125 cm³/mol. The van der Waals surface area contributed by atoms with Gasteiger partial charge < -0.3 is 19.7 Å². The molecule has 2 unspecified atom stereocenters. The van der Waals surface area contributed by atoms with Gasteiger partial charge in [-0.1, -0.05) is 17.2 Å². The van der Waals surface area contributed by atoms with Crippen molar-refractivity contribution in [2.45, 2.75) is 53.1 Å². The summed E-state index contributed by atoms with van der Waals surface area (Å²) in [5.74, 6) is 1.10. The molecule has 0 spiro atoms. The van der Waals surface area contributed by atoms with Crippen LogP contribution in [0.2, 0.25) is 0 Å². The minimum atomic E-state index is -0.263. The zero-order valence-electron chi connectivity index (χ0n) is 19.4. The highest BCUT2D eigenvalue weighted by molar-refractivity contribution is 5.97. The van der Waals surface area contributed by atoms with Crippen LogP contribution in [0.3, 0.4) is 0 Å². The first kappa shape index (κ1) is 22.2. The number of hydrogen-bond acceptors (Lipinski definition) is 4. The van der Waals surface area contributed by atoms with Gasteiger partial charge in [-0.2, -0.15) is 0 Å². The molecule has 32 heavy (non-hydrogen) atoms. The lowest BCUT2D eigenvalue weighted by Gasteiger charge is -2.32. The van der Waals surface area contributed by atoms with E-state index >= 15 is 0 Å². The number of piperidine rings is 1. The van der Waals surface area contributed by atoms with Gasteiger partial charge in [0.2, 0.25) is 5.91 Å². The molecule has 2 aromatic carbocycles. The van der Waals surface area contributed by atoms with Crippen molar-refractivity contribution in [3.8, 4) is 11.5 Å². The van der Waals surface area contributed by atoms with Crippen LogP contribution >= 0.6 is 0 Å². The average Bonchev–Trinajstić information content (AvgIpc) is 3.11. The Labute approximate surface area is 189 Å². The van der Waals surface area contributed by atoms with Crippen molar-refractivity contribution >= 4 is 17.5 Å². The summed E-state index contributed by atoms with van der Waals surface area (Å²) in [5, 5.41) is 3.05. The highest BCUT2D eigenvalue weighted by Gasteiger charge is 2.30. The second kappa shape index (κ2) is 9.23. The van der Waals surface area contributed by atoms with Crippen molar-refractivity contribution in [1.29, 1.82) is 0 Å². The number of hydrogen-bond donors (Lipinski definition) is 1. The topological polar surface area (TPSA) is 67.9 Å². The molecule has 6 heteroatoms. The second-order valence-corrected chi connectivity index (χ2v) is 8.98. The first-order chi connectivity index (χ1) is 15.3. The van der Waals surface area contributed by atoms with E-state index in [4.69, 9.17) is 9.47 Å². The van der Waals surface area contributed by atoms with Gasteiger partial charge in [-0.25, -0.2) is 0 Å². The van der Waals surface area contributed by atoms with Crippen LogP contribution in [0.5, 0.6) is 11.5 Å². The molecule has 2 amide bonds. The minimum absolute atomic E-state index is 0.00998. The van der Waals surface area contributed by atoms with E-state index in [1.54, 1.807) is 4.90 Å². The summed E-state index contributed by atoms with van der Waals surface area (Å²) in [4.78, 5) is 28.0. The SMILES string of the molecule is CCOc1cc2c(cc1NC(=O)C1CCCN(C(=O)c3cc(C)cc(C)c3)C1)OC(C)C2. The molecule has 1 fully saturated rings. The molecule has 0 saturated carbocycles. The first-order valence-electron chi connectivity index (χ1n) is 11.5. The summed E-state index contributed by atoms with van der Waals surface area (Å²) in [7, 11) is 0. The quantitative estimate of drug-likeness (QED) is 0.749. The number of carbonyl (C=O) groups excluding carboxylic acids is 2. The molecular formula is C26H32N2O4. The summed E-state index contributed by atoms with van der Waals surface area (Å²) in [6, 6.07) is 9.72. The standard InChI is InChI=1S/C26H32N2O4/c1-5-31-24-13-20-12-18(4)32-23(20)14-22(24)27-25(29)19-7-6-8-28(15-19)26(30)21-10-16(2)9-17(3)11-21/h9-11,13-14,18-19H,5-8,12,15H2,1-4H3,(H,27,29). The minimum Gasteiger partial charge on any atom is -0.492 e. The fourth-order valence-electron chi connectivity index (χ4n) is 4.70. The summed E-state index contributed by atoms with van der Waals surface area (Å²) >= 11 is 0. The average molecular weight is 437 g/mol. The summed E-state index contributed by atoms with van der Waals surface area (Å²) in [6.45, 7) is 9.54. The van der Waals surface area contributed by atoms with Crippen LogP contribution in [0.1, 0.15) is 53.7 Å². The highest BCUT2D eigenvalue weighted by atomic mass is 16.5. The van der Waals surface area contributed by atoms with Crippen LogP contribution in [0, 0.1) is 19.8 Å². The molecule has 2 aliphatic rings. The lowest BCUT2D eigenvalue weighted by Crippen LogP contribution is -2.43. The van der Waals surface area contributed by atoms with Crippen LogP contribution in [0.25, 0.3) is 0 Å². The van der Waals surface area contributed by atoms with Gasteiger partial charge >= 0.3 is 0 Å². The first-order valence-corrected chi connectivity index (χ1v) is 11.5. The van der Waals surface area contributed by atoms with Gasteiger partial charge in [-0.3, -0.25) is 9.59 Å². The number of nitrogens with zero attached hydrogens (tertiary/aromatic N) is 1. The van der Waals surface area contributed by atoms with E-state index in [9.17, 15) is 9.59 Å². The molecule has 170 valence electrons. The van der Waals surface area contributed by atoms with Crippen molar-refractivity contribution in [3.63, 3.8) is 0 Å². The van der Waals surface area contributed by atoms with Crippen LogP contribution < -0.4 is 14.8 Å². The van der Waals surface area contributed by atoms with Crippen molar-refractivity contribution < 1.29 is 19.1 Å². The Kier molecular flexibility index (Phi) is 6.40. The van der Waals surface area contributed by atoms with Gasteiger partial charge in [0.25, 0.3) is 5.91 Å². The molecule has 4 rings (SSSR count). The number of likely N-dealkylation sites (tertiary alicyclic amines) is 1. The van der Waals surface area contributed by atoms with Crippen LogP contribution in [0.4, 0.5) is 5.69 Å². The van der Waals surface area contributed by atoms with E-state index in [1.807, 2.05) is 52.0 Å². The van der Waals surface area contributed by atoms with Gasteiger partial charge in [0.15, 0.2) is 0 Å². The molecule has 0 radical (unpaired) electrons. The Balaban J connectivity index is 1.48. The van der Waals surface area contributed by atoms with E-state index in [-0.39, 0.29) is 23.8 Å². The van der Waals surface area contributed by atoms with Crippen molar-refractivity contribution in [1.82, 2.24) is 4.90 Å². The third-order valence-electron chi connectivity index (χ3n) is 6.10. The smallest absolute Gasteiger partial charge is 0.253 e. The van der Waals surface area contributed by atoms with Crippen LogP contribution in [-0.2, 0) is 11.2 Å². The highest BCUT2D eigenvalue weighted by Crippen LogP contribution is 2.38. The molecular weight excluding hydrogens is 404 g/mol. The third-order valence-corrected chi connectivity index (χ3v) is 6.10. The number of amides is 2. The monoisotopic (exact) mass is 436 g/mol.